The minimum absolute atomic E-state index is 0.108. The summed E-state index contributed by atoms with van der Waals surface area (Å²) in [5.74, 6) is -2.00. The van der Waals surface area contributed by atoms with E-state index in [1.807, 2.05) is 18.2 Å². The fourth-order valence-electron chi connectivity index (χ4n) is 1.62. The van der Waals surface area contributed by atoms with Crippen LogP contribution in [0.3, 0.4) is 0 Å². The van der Waals surface area contributed by atoms with E-state index < -0.39 is 24.4 Å². The molecule has 0 atom stereocenters. The Bertz CT molecular complexity index is 699. The van der Waals surface area contributed by atoms with Crippen molar-refractivity contribution in [1.82, 2.24) is 10.3 Å². The van der Waals surface area contributed by atoms with Gasteiger partial charge in [-0.25, -0.2) is 9.78 Å². The molecule has 0 radical (unpaired) electrons. The van der Waals surface area contributed by atoms with Gasteiger partial charge in [0.2, 0.25) is 5.91 Å². The van der Waals surface area contributed by atoms with Crippen LogP contribution >= 0.6 is 0 Å². The molecule has 0 unspecified atom stereocenters. The number of pyridine rings is 1. The lowest BCUT2D eigenvalue weighted by molar-refractivity contribution is -0.127. The molecule has 1 aromatic heterocycles. The van der Waals surface area contributed by atoms with Gasteiger partial charge < -0.3 is 15.8 Å². The SMILES string of the molecule is NC(=O)CNC(=O)COC(=O)c1ccc2ccccc2n1. The molecule has 3 N–H and O–H groups in total. The van der Waals surface area contributed by atoms with E-state index in [9.17, 15) is 14.4 Å². The Balaban J connectivity index is 1.95. The van der Waals surface area contributed by atoms with Crippen molar-refractivity contribution in [3.05, 3.63) is 42.1 Å². The summed E-state index contributed by atoms with van der Waals surface area (Å²) >= 11 is 0. The number of nitrogens with zero attached hydrogens (tertiary/aromatic N) is 1. The lowest BCUT2D eigenvalue weighted by Gasteiger charge is -2.05. The molecule has 2 rings (SSSR count). The van der Waals surface area contributed by atoms with E-state index in [-0.39, 0.29) is 12.2 Å². The molecule has 21 heavy (non-hydrogen) atoms. The van der Waals surface area contributed by atoms with Gasteiger partial charge in [-0.05, 0) is 12.1 Å². The number of amides is 2. The van der Waals surface area contributed by atoms with Crippen molar-refractivity contribution in [2.75, 3.05) is 13.2 Å². The van der Waals surface area contributed by atoms with Crippen LogP contribution in [0.4, 0.5) is 0 Å². The van der Waals surface area contributed by atoms with E-state index in [0.29, 0.717) is 5.52 Å². The van der Waals surface area contributed by atoms with Crippen molar-refractivity contribution in [2.45, 2.75) is 0 Å². The Hall–Kier alpha value is -2.96. The Morgan fingerprint density at radius 2 is 1.90 bits per heavy atom. The topological polar surface area (TPSA) is 111 Å². The van der Waals surface area contributed by atoms with E-state index in [1.54, 1.807) is 12.1 Å². The van der Waals surface area contributed by atoms with E-state index in [1.165, 1.54) is 6.07 Å². The number of carbonyl (C=O) groups excluding carboxylic acids is 3. The van der Waals surface area contributed by atoms with Gasteiger partial charge in [-0.2, -0.15) is 0 Å². The number of fused-ring (bicyclic) bond motifs is 1. The van der Waals surface area contributed by atoms with Crippen LogP contribution in [0, 0.1) is 0 Å². The first kappa shape index (κ1) is 14.4. The number of ether oxygens (including phenoxy) is 1. The highest BCUT2D eigenvalue weighted by Gasteiger charge is 2.12. The Morgan fingerprint density at radius 1 is 1.14 bits per heavy atom. The number of hydrogen-bond donors (Lipinski definition) is 2. The highest BCUT2D eigenvalue weighted by molar-refractivity contribution is 5.92. The maximum absolute atomic E-state index is 11.8. The third-order valence-corrected chi connectivity index (χ3v) is 2.60. The number of carbonyl (C=O) groups is 3. The Morgan fingerprint density at radius 3 is 2.67 bits per heavy atom. The Kier molecular flexibility index (Phi) is 4.45. The van der Waals surface area contributed by atoms with Gasteiger partial charge in [-0.3, -0.25) is 9.59 Å². The molecule has 2 aromatic rings. The average molecular weight is 287 g/mol. The molecule has 7 heteroatoms. The summed E-state index contributed by atoms with van der Waals surface area (Å²) in [4.78, 5) is 37.7. The quantitative estimate of drug-likeness (QED) is 0.751. The number of primary amides is 1. The van der Waals surface area contributed by atoms with Gasteiger partial charge in [-0.15, -0.1) is 0 Å². The monoisotopic (exact) mass is 287 g/mol. The molecule has 0 spiro atoms. The number of benzene rings is 1. The van der Waals surface area contributed by atoms with Gasteiger partial charge in [0.1, 0.15) is 5.69 Å². The summed E-state index contributed by atoms with van der Waals surface area (Å²) in [7, 11) is 0. The number of aromatic nitrogens is 1. The molecule has 0 aliphatic heterocycles. The molecule has 0 saturated heterocycles. The molecule has 0 saturated carbocycles. The van der Waals surface area contributed by atoms with E-state index in [2.05, 4.69) is 10.3 Å². The molecule has 0 bridgehead atoms. The minimum atomic E-state index is -0.713. The molecule has 1 aromatic carbocycles. The molecule has 0 aliphatic rings. The predicted octanol–water partition coefficient (Wildman–Crippen LogP) is -0.00690. The zero-order valence-corrected chi connectivity index (χ0v) is 11.0. The fourth-order valence-corrected chi connectivity index (χ4v) is 1.62. The second-order valence-electron chi connectivity index (χ2n) is 4.21. The second-order valence-corrected chi connectivity index (χ2v) is 4.21. The predicted molar refractivity (Wildman–Crippen MR) is 74.2 cm³/mol. The number of rotatable bonds is 5. The Labute approximate surface area is 120 Å². The van der Waals surface area contributed by atoms with Gasteiger partial charge in [-0.1, -0.05) is 24.3 Å². The summed E-state index contributed by atoms with van der Waals surface area (Å²) in [5, 5.41) is 3.10. The van der Waals surface area contributed by atoms with Crippen LogP contribution in [0.1, 0.15) is 10.5 Å². The summed E-state index contributed by atoms with van der Waals surface area (Å²) in [6.45, 7) is -0.800. The van der Waals surface area contributed by atoms with Gasteiger partial charge in [0.15, 0.2) is 6.61 Å². The number of para-hydroxylation sites is 1. The van der Waals surface area contributed by atoms with Crippen LogP contribution in [-0.4, -0.2) is 35.9 Å². The molecule has 1 heterocycles. The lowest BCUT2D eigenvalue weighted by Crippen LogP contribution is -2.36. The molecule has 7 nitrogen and oxygen atoms in total. The minimum Gasteiger partial charge on any atom is -0.451 e. The normalized spacial score (nSPS) is 10.1. The molecule has 0 fully saturated rings. The van der Waals surface area contributed by atoms with Crippen LogP contribution in [-0.2, 0) is 14.3 Å². The molecule has 108 valence electrons. The van der Waals surface area contributed by atoms with Crippen molar-refractivity contribution in [3.63, 3.8) is 0 Å². The van der Waals surface area contributed by atoms with Crippen LogP contribution in [0.2, 0.25) is 0 Å². The maximum atomic E-state index is 11.8. The van der Waals surface area contributed by atoms with E-state index in [0.717, 1.165) is 5.39 Å². The summed E-state index contributed by atoms with van der Waals surface area (Å²) in [6.07, 6.45) is 0. The fraction of sp³-hybridized carbons (Fsp3) is 0.143. The van der Waals surface area contributed by atoms with Crippen molar-refractivity contribution < 1.29 is 19.1 Å². The zero-order valence-electron chi connectivity index (χ0n) is 11.0. The van der Waals surface area contributed by atoms with E-state index >= 15 is 0 Å². The number of esters is 1. The number of nitrogens with one attached hydrogen (secondary N) is 1. The van der Waals surface area contributed by atoms with Gasteiger partial charge in [0, 0.05) is 5.39 Å². The highest BCUT2D eigenvalue weighted by Crippen LogP contribution is 2.12. The highest BCUT2D eigenvalue weighted by atomic mass is 16.5. The van der Waals surface area contributed by atoms with Crippen molar-refractivity contribution >= 4 is 28.7 Å². The van der Waals surface area contributed by atoms with Crippen LogP contribution < -0.4 is 11.1 Å². The summed E-state index contributed by atoms with van der Waals surface area (Å²) in [6, 6.07) is 10.6. The summed E-state index contributed by atoms with van der Waals surface area (Å²) in [5.41, 5.74) is 5.63. The number of nitrogens with two attached hydrogens (primary N) is 1. The van der Waals surface area contributed by atoms with Crippen LogP contribution in [0.25, 0.3) is 10.9 Å². The van der Waals surface area contributed by atoms with E-state index in [4.69, 9.17) is 10.5 Å². The van der Waals surface area contributed by atoms with Crippen molar-refractivity contribution in [2.24, 2.45) is 5.73 Å². The molecular weight excluding hydrogens is 274 g/mol. The average Bonchev–Trinajstić information content (AvgIpc) is 2.50. The maximum Gasteiger partial charge on any atom is 0.357 e. The molecular formula is C14H13N3O4. The smallest absolute Gasteiger partial charge is 0.357 e. The van der Waals surface area contributed by atoms with Gasteiger partial charge in [0.25, 0.3) is 5.91 Å². The van der Waals surface area contributed by atoms with Gasteiger partial charge in [0.05, 0.1) is 12.1 Å². The number of hydrogen-bond acceptors (Lipinski definition) is 5. The van der Waals surface area contributed by atoms with Crippen molar-refractivity contribution in [3.8, 4) is 0 Å². The third kappa shape index (κ3) is 4.00. The zero-order chi connectivity index (χ0) is 15.2. The first-order valence-electron chi connectivity index (χ1n) is 6.14. The van der Waals surface area contributed by atoms with Crippen LogP contribution in [0.15, 0.2) is 36.4 Å². The summed E-state index contributed by atoms with van der Waals surface area (Å²) < 4.78 is 4.81. The lowest BCUT2D eigenvalue weighted by atomic mass is 10.2. The van der Waals surface area contributed by atoms with Gasteiger partial charge >= 0.3 is 5.97 Å². The third-order valence-electron chi connectivity index (χ3n) is 2.60. The largest absolute Gasteiger partial charge is 0.451 e. The van der Waals surface area contributed by atoms with Crippen molar-refractivity contribution in [1.29, 1.82) is 0 Å². The second kappa shape index (κ2) is 6.47. The van der Waals surface area contributed by atoms with Crippen LogP contribution in [0.5, 0.6) is 0 Å². The molecule has 0 aliphatic carbocycles. The first-order chi connectivity index (χ1) is 10.1. The molecule has 2 amide bonds. The standard InChI is InChI=1S/C14H13N3O4/c15-12(18)7-16-13(19)8-21-14(20)11-6-5-9-3-1-2-4-10(9)17-11/h1-6H,7-8H2,(H2,15,18)(H,16,19). The first-order valence-corrected chi connectivity index (χ1v) is 6.14.